The summed E-state index contributed by atoms with van der Waals surface area (Å²) in [5.74, 6) is -1.10. The van der Waals surface area contributed by atoms with Gasteiger partial charge in [-0.25, -0.2) is 0 Å². The lowest BCUT2D eigenvalue weighted by atomic mass is 9.82. The van der Waals surface area contributed by atoms with Gasteiger partial charge >= 0.3 is 0 Å². The van der Waals surface area contributed by atoms with Gasteiger partial charge in [-0.2, -0.15) is 0 Å². The lowest BCUT2D eigenvalue weighted by Crippen LogP contribution is -2.48. The lowest BCUT2D eigenvalue weighted by Gasteiger charge is -2.37. The van der Waals surface area contributed by atoms with Crippen molar-refractivity contribution in [2.24, 2.45) is 5.92 Å². The average molecular weight is 688 g/mol. The molecule has 4 aliphatic heterocycles. The average Bonchev–Trinajstić information content (AvgIpc) is 3.65. The fourth-order valence-corrected chi connectivity index (χ4v) is 11.8. The zero-order valence-corrected chi connectivity index (χ0v) is 29.5. The van der Waals surface area contributed by atoms with Crippen LogP contribution >= 0.6 is 0 Å². The van der Waals surface area contributed by atoms with Crippen molar-refractivity contribution in [3.63, 3.8) is 0 Å². The smallest absolute Gasteiger partial charge is 0.264 e. The molecule has 4 aromatic carbocycles. The molecular formula is C40H41N3O6Si. The van der Waals surface area contributed by atoms with Gasteiger partial charge in [-0.05, 0) is 66.4 Å². The summed E-state index contributed by atoms with van der Waals surface area (Å²) in [4.78, 5) is 59.7. The van der Waals surface area contributed by atoms with E-state index in [1.807, 2.05) is 98.9 Å². The zero-order valence-electron chi connectivity index (χ0n) is 28.5. The summed E-state index contributed by atoms with van der Waals surface area (Å²) >= 11 is 0. The van der Waals surface area contributed by atoms with Crippen molar-refractivity contribution in [2.75, 3.05) is 23.0 Å². The highest BCUT2D eigenvalue weighted by Gasteiger charge is 2.66. The van der Waals surface area contributed by atoms with Crippen LogP contribution in [0.2, 0.25) is 18.6 Å². The summed E-state index contributed by atoms with van der Waals surface area (Å²) in [6.45, 7) is 9.95. The van der Waals surface area contributed by atoms with E-state index in [0.717, 1.165) is 27.6 Å². The molecule has 3 amide bonds. The molecule has 10 heteroatoms. The molecule has 0 bridgehead atoms. The summed E-state index contributed by atoms with van der Waals surface area (Å²) in [6.07, 6.45) is 1.42. The monoisotopic (exact) mass is 687 g/mol. The predicted octanol–water partition coefficient (Wildman–Crippen LogP) is 5.80. The molecule has 4 aliphatic rings. The van der Waals surface area contributed by atoms with Crippen LogP contribution < -0.4 is 9.80 Å². The second kappa shape index (κ2) is 11.7. The van der Waals surface area contributed by atoms with Crippen LogP contribution in [0.5, 0.6) is 0 Å². The largest absolute Gasteiger partial charge is 0.432 e. The Balaban J connectivity index is 1.20. The third-order valence-electron chi connectivity index (χ3n) is 11.4. The first kappa shape index (κ1) is 32.6. The summed E-state index contributed by atoms with van der Waals surface area (Å²) in [5, 5.41) is 12.2. The SMILES string of the molecule is C=CCN1C(=O)[C@]2(O[C@H](CC(=O)N3Cc4ccccc4C[C@H]3CO)[C@@H]([Si](C)(C)O)[C@@H]2C)c2cc(N3C(=O)c4cccc5cccc3c45)ccc21. The number of carbonyl (C=O) groups excluding carboxylic acids is 3. The molecule has 1 saturated heterocycles. The second-order valence-corrected chi connectivity index (χ2v) is 18.6. The van der Waals surface area contributed by atoms with E-state index >= 15 is 0 Å². The molecule has 0 aromatic heterocycles. The van der Waals surface area contributed by atoms with E-state index in [4.69, 9.17) is 4.74 Å². The quantitative estimate of drug-likeness (QED) is 0.188. The van der Waals surface area contributed by atoms with Crippen LogP contribution in [0.4, 0.5) is 17.1 Å². The van der Waals surface area contributed by atoms with Gasteiger partial charge in [0.25, 0.3) is 11.8 Å². The van der Waals surface area contributed by atoms with Gasteiger partial charge in [0.1, 0.15) is 0 Å². The van der Waals surface area contributed by atoms with Gasteiger partial charge in [0.15, 0.2) is 13.9 Å². The Bertz CT molecular complexity index is 2090. The summed E-state index contributed by atoms with van der Waals surface area (Å²) < 4.78 is 6.98. The maximum atomic E-state index is 14.7. The number of nitrogens with zero attached hydrogens (tertiary/aromatic N) is 3. The van der Waals surface area contributed by atoms with Crippen LogP contribution in [0.15, 0.2) is 91.5 Å². The van der Waals surface area contributed by atoms with Crippen LogP contribution in [0.1, 0.15) is 40.4 Å². The van der Waals surface area contributed by atoms with Crippen molar-refractivity contribution in [1.29, 1.82) is 0 Å². The Morgan fingerprint density at radius 1 is 1.02 bits per heavy atom. The van der Waals surface area contributed by atoms with Gasteiger partial charge in [0.05, 0.1) is 42.1 Å². The first-order valence-corrected chi connectivity index (χ1v) is 20.3. The number of hydrogen-bond acceptors (Lipinski definition) is 6. The minimum atomic E-state index is -3.06. The van der Waals surface area contributed by atoms with Crippen LogP contribution in [-0.2, 0) is 32.9 Å². The zero-order chi connectivity index (χ0) is 35.1. The van der Waals surface area contributed by atoms with E-state index in [-0.39, 0.29) is 43.3 Å². The minimum absolute atomic E-state index is 0.0436. The third-order valence-corrected chi connectivity index (χ3v) is 13.9. The third kappa shape index (κ3) is 4.66. The van der Waals surface area contributed by atoms with Crippen LogP contribution in [0.25, 0.3) is 10.8 Å². The first-order valence-electron chi connectivity index (χ1n) is 17.3. The van der Waals surface area contributed by atoms with Crippen molar-refractivity contribution in [3.8, 4) is 0 Å². The molecule has 256 valence electrons. The van der Waals surface area contributed by atoms with Crippen molar-refractivity contribution in [2.45, 2.75) is 62.7 Å². The molecule has 2 N–H and O–H groups in total. The first-order chi connectivity index (χ1) is 24.0. The number of aliphatic hydroxyl groups is 1. The summed E-state index contributed by atoms with van der Waals surface area (Å²) in [6, 6.07) is 24.7. The molecule has 0 radical (unpaired) electrons. The Kier molecular flexibility index (Phi) is 7.65. The van der Waals surface area contributed by atoms with Gasteiger partial charge in [-0.15, -0.1) is 6.58 Å². The summed E-state index contributed by atoms with van der Waals surface area (Å²) in [5.41, 5.74) is 3.47. The number of ether oxygens (including phenoxy) is 1. The van der Waals surface area contributed by atoms with E-state index in [9.17, 15) is 24.3 Å². The van der Waals surface area contributed by atoms with E-state index in [1.54, 1.807) is 20.8 Å². The molecule has 0 unspecified atom stereocenters. The predicted molar refractivity (Wildman–Crippen MR) is 195 cm³/mol. The molecule has 8 rings (SSSR count). The number of fused-ring (bicyclic) bond motifs is 3. The molecule has 1 fully saturated rings. The lowest BCUT2D eigenvalue weighted by molar-refractivity contribution is -0.150. The number of benzene rings is 4. The van der Waals surface area contributed by atoms with Crippen molar-refractivity contribution in [1.82, 2.24) is 4.90 Å². The molecule has 0 aliphatic carbocycles. The van der Waals surface area contributed by atoms with Crippen molar-refractivity contribution >= 4 is 53.9 Å². The molecule has 50 heavy (non-hydrogen) atoms. The van der Waals surface area contributed by atoms with Gasteiger partial charge in [0.2, 0.25) is 5.91 Å². The normalized spacial score (nSPS) is 25.5. The Morgan fingerprint density at radius 3 is 2.48 bits per heavy atom. The molecular weight excluding hydrogens is 647 g/mol. The molecule has 5 atom stereocenters. The molecule has 9 nitrogen and oxygen atoms in total. The topological polar surface area (TPSA) is 111 Å². The number of amides is 3. The van der Waals surface area contributed by atoms with Gasteiger partial charge < -0.3 is 24.4 Å². The Morgan fingerprint density at radius 2 is 1.76 bits per heavy atom. The second-order valence-electron chi connectivity index (χ2n) is 14.6. The number of hydrogen-bond donors (Lipinski definition) is 2. The van der Waals surface area contributed by atoms with Crippen LogP contribution in [0.3, 0.4) is 0 Å². The van der Waals surface area contributed by atoms with Gasteiger partial charge in [-0.1, -0.05) is 61.5 Å². The minimum Gasteiger partial charge on any atom is -0.432 e. The highest BCUT2D eigenvalue weighted by atomic mass is 28.4. The van der Waals surface area contributed by atoms with E-state index in [0.29, 0.717) is 35.5 Å². The highest BCUT2D eigenvalue weighted by Crippen LogP contribution is 2.60. The maximum Gasteiger partial charge on any atom is 0.264 e. The van der Waals surface area contributed by atoms with Crippen LogP contribution in [0, 0.1) is 5.92 Å². The molecule has 4 aromatic rings. The van der Waals surface area contributed by atoms with Crippen LogP contribution in [-0.4, -0.2) is 66.1 Å². The standard InChI is InChI=1S/C40H41N3O6Si/c1-5-18-41-32-17-16-28(43-33-15-9-13-25-12-8-14-30(36(25)33)38(43)46)20-31(32)40(39(41)47)24(2)37(50(3,4)48)34(49-40)21-35(45)42-22-27-11-7-6-10-26(27)19-29(42)23-44/h5-17,20,24,29,34,37,44,48H,1,18-19,21-23H2,2-4H3/t24-,29-,34+,37-,40+/m0/s1. The van der Waals surface area contributed by atoms with E-state index in [1.165, 1.54) is 0 Å². The Labute approximate surface area is 292 Å². The maximum absolute atomic E-state index is 14.7. The number of rotatable bonds is 7. The van der Waals surface area contributed by atoms with E-state index in [2.05, 4.69) is 6.58 Å². The van der Waals surface area contributed by atoms with Gasteiger partial charge in [0, 0.05) is 41.2 Å². The molecule has 0 saturated carbocycles. The fourth-order valence-electron chi connectivity index (χ4n) is 9.22. The Hall–Kier alpha value is -4.61. The van der Waals surface area contributed by atoms with Crippen molar-refractivity contribution in [3.05, 3.63) is 114 Å². The molecule has 1 spiro atoms. The van der Waals surface area contributed by atoms with Gasteiger partial charge in [-0.3, -0.25) is 19.3 Å². The number of carbonyl (C=O) groups is 3. The molecule has 4 heterocycles. The highest BCUT2D eigenvalue weighted by molar-refractivity contribution is 6.71. The summed E-state index contributed by atoms with van der Waals surface area (Å²) in [7, 11) is -3.06. The van der Waals surface area contributed by atoms with Crippen molar-refractivity contribution < 1.29 is 29.0 Å². The fraction of sp³-hybridized carbons (Fsp3) is 0.325. The number of aliphatic hydroxyl groups excluding tert-OH is 1. The van der Waals surface area contributed by atoms with E-state index < -0.39 is 31.5 Å². The number of anilines is 3.